The van der Waals surface area contributed by atoms with Gasteiger partial charge in [0, 0.05) is 11.9 Å². The predicted molar refractivity (Wildman–Crippen MR) is 82.2 cm³/mol. The van der Waals surface area contributed by atoms with E-state index in [1.54, 1.807) is 18.2 Å². The Balaban J connectivity index is 2.05. The maximum atomic E-state index is 12.2. The highest BCUT2D eigenvalue weighted by Gasteiger charge is 2.10. The lowest BCUT2D eigenvalue weighted by atomic mass is 10.2. The van der Waals surface area contributed by atoms with Crippen molar-refractivity contribution in [2.75, 3.05) is 17.3 Å². The predicted octanol–water partition coefficient (Wildman–Crippen LogP) is 2.41. The van der Waals surface area contributed by atoms with Gasteiger partial charge in [-0.25, -0.2) is 0 Å². The molecule has 2 rings (SSSR count). The Kier molecular flexibility index (Phi) is 5.11. The van der Waals surface area contributed by atoms with Crippen molar-refractivity contribution in [3.63, 3.8) is 0 Å². The molecule has 110 valence electrons. The van der Waals surface area contributed by atoms with Crippen LogP contribution in [0.25, 0.3) is 0 Å². The Labute approximate surface area is 123 Å². The fourth-order valence-electron chi connectivity index (χ4n) is 1.76. The molecule has 0 spiro atoms. The molecule has 21 heavy (non-hydrogen) atoms. The first-order chi connectivity index (χ1) is 10.2. The lowest BCUT2D eigenvalue weighted by Crippen LogP contribution is -2.17. The SMILES string of the molecule is CCCOc1ccc(NC(=O)c2ccncc2NN)cc1. The van der Waals surface area contributed by atoms with Gasteiger partial charge in [0.15, 0.2) is 0 Å². The van der Waals surface area contributed by atoms with Crippen LogP contribution in [0.4, 0.5) is 11.4 Å². The molecule has 1 aromatic heterocycles. The van der Waals surface area contributed by atoms with Gasteiger partial charge in [-0.2, -0.15) is 0 Å². The number of hydrazine groups is 1. The first-order valence-corrected chi connectivity index (χ1v) is 6.69. The van der Waals surface area contributed by atoms with Gasteiger partial charge in [0.25, 0.3) is 5.91 Å². The Bertz CT molecular complexity index is 599. The van der Waals surface area contributed by atoms with Gasteiger partial charge in [0.2, 0.25) is 0 Å². The number of hydrogen-bond donors (Lipinski definition) is 3. The van der Waals surface area contributed by atoms with Crippen LogP contribution in [0.15, 0.2) is 42.7 Å². The first-order valence-electron chi connectivity index (χ1n) is 6.69. The number of nitrogens with one attached hydrogen (secondary N) is 2. The van der Waals surface area contributed by atoms with Crippen LogP contribution in [0, 0.1) is 0 Å². The number of rotatable bonds is 6. The Morgan fingerprint density at radius 1 is 1.29 bits per heavy atom. The lowest BCUT2D eigenvalue weighted by molar-refractivity contribution is 0.102. The molecule has 0 aliphatic heterocycles. The zero-order valence-corrected chi connectivity index (χ0v) is 11.8. The molecule has 0 atom stereocenters. The molecule has 1 aromatic carbocycles. The second-order valence-corrected chi connectivity index (χ2v) is 4.39. The van der Waals surface area contributed by atoms with Crippen LogP contribution in [0.1, 0.15) is 23.7 Å². The topological polar surface area (TPSA) is 89.3 Å². The van der Waals surface area contributed by atoms with Crippen LogP contribution < -0.4 is 21.3 Å². The Hall–Kier alpha value is -2.60. The maximum absolute atomic E-state index is 12.2. The van der Waals surface area contributed by atoms with Gasteiger partial charge in [-0.3, -0.25) is 15.6 Å². The summed E-state index contributed by atoms with van der Waals surface area (Å²) in [7, 11) is 0. The molecule has 1 heterocycles. The zero-order chi connectivity index (χ0) is 15.1. The highest BCUT2D eigenvalue weighted by molar-refractivity contribution is 6.07. The number of nitrogens with zero attached hydrogens (tertiary/aromatic N) is 1. The van der Waals surface area contributed by atoms with Crippen molar-refractivity contribution < 1.29 is 9.53 Å². The van der Waals surface area contributed by atoms with Crippen LogP contribution in [0.5, 0.6) is 5.75 Å². The third-order valence-corrected chi connectivity index (χ3v) is 2.81. The molecule has 0 radical (unpaired) electrons. The molecule has 6 heteroatoms. The van der Waals surface area contributed by atoms with Gasteiger partial charge < -0.3 is 15.5 Å². The van der Waals surface area contributed by atoms with Crippen molar-refractivity contribution in [2.45, 2.75) is 13.3 Å². The summed E-state index contributed by atoms with van der Waals surface area (Å²) in [5.41, 5.74) is 4.03. The van der Waals surface area contributed by atoms with Gasteiger partial charge in [-0.15, -0.1) is 0 Å². The third-order valence-electron chi connectivity index (χ3n) is 2.81. The van der Waals surface area contributed by atoms with E-state index < -0.39 is 0 Å². The molecule has 1 amide bonds. The van der Waals surface area contributed by atoms with Crippen molar-refractivity contribution in [2.24, 2.45) is 5.84 Å². The average molecular weight is 286 g/mol. The number of pyridine rings is 1. The van der Waals surface area contributed by atoms with Crippen molar-refractivity contribution in [1.29, 1.82) is 0 Å². The van der Waals surface area contributed by atoms with Crippen molar-refractivity contribution in [3.8, 4) is 5.75 Å². The number of carbonyl (C=O) groups excluding carboxylic acids is 1. The van der Waals surface area contributed by atoms with Crippen molar-refractivity contribution in [3.05, 3.63) is 48.3 Å². The Morgan fingerprint density at radius 2 is 2.05 bits per heavy atom. The Morgan fingerprint density at radius 3 is 2.71 bits per heavy atom. The fourth-order valence-corrected chi connectivity index (χ4v) is 1.76. The second-order valence-electron chi connectivity index (χ2n) is 4.39. The summed E-state index contributed by atoms with van der Waals surface area (Å²) < 4.78 is 5.49. The minimum atomic E-state index is -0.257. The lowest BCUT2D eigenvalue weighted by Gasteiger charge is -2.10. The van der Waals surface area contributed by atoms with Gasteiger partial charge in [0.1, 0.15) is 5.75 Å². The summed E-state index contributed by atoms with van der Waals surface area (Å²) >= 11 is 0. The number of aromatic nitrogens is 1. The standard InChI is InChI=1S/C15H18N4O2/c1-2-9-21-12-5-3-11(4-6-12)18-15(20)13-7-8-17-10-14(13)19-16/h3-8,10,19H,2,9,16H2,1H3,(H,18,20). The van der Waals surface area contributed by atoms with Crippen LogP contribution >= 0.6 is 0 Å². The molecule has 2 aromatic rings. The molecular formula is C15H18N4O2. The van der Waals surface area contributed by atoms with Crippen LogP contribution in [0.3, 0.4) is 0 Å². The molecule has 6 nitrogen and oxygen atoms in total. The van der Waals surface area contributed by atoms with E-state index >= 15 is 0 Å². The summed E-state index contributed by atoms with van der Waals surface area (Å²) in [5.74, 6) is 5.89. The molecular weight excluding hydrogens is 268 g/mol. The molecule has 0 saturated heterocycles. The van der Waals surface area contributed by atoms with E-state index in [2.05, 4.69) is 15.7 Å². The minimum Gasteiger partial charge on any atom is -0.494 e. The molecule has 0 bridgehead atoms. The summed E-state index contributed by atoms with van der Waals surface area (Å²) in [6.45, 7) is 2.72. The number of anilines is 2. The minimum absolute atomic E-state index is 0.257. The molecule has 0 unspecified atom stereocenters. The molecule has 4 N–H and O–H groups in total. The van der Waals surface area contributed by atoms with E-state index in [0.717, 1.165) is 12.2 Å². The van der Waals surface area contributed by atoms with Crippen molar-refractivity contribution in [1.82, 2.24) is 4.98 Å². The van der Waals surface area contributed by atoms with Crippen LogP contribution in [-0.4, -0.2) is 17.5 Å². The van der Waals surface area contributed by atoms with Crippen LogP contribution in [0.2, 0.25) is 0 Å². The molecule has 0 fully saturated rings. The van der Waals surface area contributed by atoms with E-state index in [1.807, 2.05) is 19.1 Å². The van der Waals surface area contributed by atoms with Gasteiger partial charge in [-0.1, -0.05) is 6.92 Å². The molecule has 0 aliphatic rings. The zero-order valence-electron chi connectivity index (χ0n) is 11.8. The average Bonchev–Trinajstić information content (AvgIpc) is 2.54. The van der Waals surface area contributed by atoms with E-state index in [-0.39, 0.29) is 5.91 Å². The van der Waals surface area contributed by atoms with E-state index in [1.165, 1.54) is 12.4 Å². The largest absolute Gasteiger partial charge is 0.494 e. The smallest absolute Gasteiger partial charge is 0.257 e. The quantitative estimate of drug-likeness (QED) is 0.560. The number of benzene rings is 1. The number of hydrogen-bond acceptors (Lipinski definition) is 5. The number of nitrogens with two attached hydrogens (primary N) is 1. The van der Waals surface area contributed by atoms with Gasteiger partial charge >= 0.3 is 0 Å². The first kappa shape index (κ1) is 14.8. The number of carbonyl (C=O) groups is 1. The fraction of sp³-hybridized carbons (Fsp3) is 0.200. The van der Waals surface area contributed by atoms with E-state index in [4.69, 9.17) is 10.6 Å². The van der Waals surface area contributed by atoms with Gasteiger partial charge in [0.05, 0.1) is 24.1 Å². The monoisotopic (exact) mass is 286 g/mol. The number of nitrogen functional groups attached to an aromatic ring is 1. The molecule has 0 saturated carbocycles. The summed E-state index contributed by atoms with van der Waals surface area (Å²) in [6, 6.07) is 8.82. The van der Waals surface area contributed by atoms with Crippen LogP contribution in [-0.2, 0) is 0 Å². The van der Waals surface area contributed by atoms with Gasteiger partial charge in [-0.05, 0) is 36.8 Å². The van der Waals surface area contributed by atoms with Crippen molar-refractivity contribution >= 4 is 17.3 Å². The summed E-state index contributed by atoms with van der Waals surface area (Å²) in [6.07, 6.45) is 3.99. The summed E-state index contributed by atoms with van der Waals surface area (Å²) in [4.78, 5) is 16.1. The number of amides is 1. The summed E-state index contributed by atoms with van der Waals surface area (Å²) in [5, 5.41) is 2.80. The highest BCUT2D eigenvalue weighted by atomic mass is 16.5. The van der Waals surface area contributed by atoms with E-state index in [9.17, 15) is 4.79 Å². The maximum Gasteiger partial charge on any atom is 0.257 e. The highest BCUT2D eigenvalue weighted by Crippen LogP contribution is 2.18. The van der Waals surface area contributed by atoms with E-state index in [0.29, 0.717) is 23.5 Å². The normalized spacial score (nSPS) is 10.0. The second kappa shape index (κ2) is 7.25. The number of ether oxygens (including phenoxy) is 1. The third kappa shape index (κ3) is 3.93. The molecule has 0 aliphatic carbocycles.